The summed E-state index contributed by atoms with van der Waals surface area (Å²) in [6.07, 6.45) is 2.11. The Morgan fingerprint density at radius 2 is 1.96 bits per heavy atom. The molecule has 0 bridgehead atoms. The van der Waals surface area contributed by atoms with Crippen molar-refractivity contribution in [1.82, 2.24) is 5.16 Å². The van der Waals surface area contributed by atoms with Crippen LogP contribution < -0.4 is 16.0 Å². The number of aromatic nitrogens is 2. The fraction of sp³-hybridized carbons (Fsp3) is 0.250. The van der Waals surface area contributed by atoms with Gasteiger partial charge >= 0.3 is 0 Å². The minimum Gasteiger partial charge on any atom is -0.379 e. The zero-order chi connectivity index (χ0) is 18.9. The second kappa shape index (κ2) is 6.85. The molecule has 0 unspecified atom stereocenters. The summed E-state index contributed by atoms with van der Waals surface area (Å²) in [4.78, 5) is 15.3. The minimum atomic E-state index is -0.147. The van der Waals surface area contributed by atoms with Crippen LogP contribution in [-0.2, 0) is 21.4 Å². The van der Waals surface area contributed by atoms with E-state index in [1.54, 1.807) is 6.07 Å². The maximum atomic E-state index is 12.3. The van der Waals surface area contributed by atoms with Gasteiger partial charge in [0.25, 0.3) is 5.82 Å². The Hall–Kier alpha value is -3.19. The lowest BCUT2D eigenvalue weighted by Gasteiger charge is -2.35. The van der Waals surface area contributed by atoms with Crippen molar-refractivity contribution in [3.8, 4) is 11.1 Å². The van der Waals surface area contributed by atoms with Crippen LogP contribution >= 0.6 is 0 Å². The Balaban J connectivity index is 1.37. The second-order valence-electron chi connectivity index (χ2n) is 7.08. The van der Waals surface area contributed by atoms with E-state index < -0.39 is 0 Å². The Bertz CT molecular complexity index is 944. The normalized spacial score (nSPS) is 15.1. The highest BCUT2D eigenvalue weighted by atomic mass is 16.5. The van der Waals surface area contributed by atoms with Gasteiger partial charge in [0.15, 0.2) is 5.82 Å². The molecule has 0 spiro atoms. The number of nitrogen functional groups attached to an aromatic ring is 1. The molecule has 3 aromatic rings. The van der Waals surface area contributed by atoms with Gasteiger partial charge in [-0.25, -0.2) is 4.98 Å². The van der Waals surface area contributed by atoms with E-state index in [1.807, 2.05) is 49.5 Å². The SMILES string of the molecule is CC1(c2cc(NC(=O)Cc3ccc(-c4ccc(N)[nH+]c4)cc3)no2)COC1. The summed E-state index contributed by atoms with van der Waals surface area (Å²) in [6.45, 7) is 3.25. The first-order valence-corrected chi connectivity index (χ1v) is 8.73. The molecule has 0 aliphatic carbocycles. The topological polar surface area (TPSA) is 105 Å². The second-order valence-corrected chi connectivity index (χ2v) is 7.08. The van der Waals surface area contributed by atoms with Crippen molar-refractivity contribution in [2.45, 2.75) is 18.8 Å². The molecule has 1 amide bonds. The van der Waals surface area contributed by atoms with Gasteiger partial charge in [0.1, 0.15) is 5.76 Å². The number of carbonyl (C=O) groups excluding carboxylic acids is 1. The van der Waals surface area contributed by atoms with Gasteiger partial charge in [-0.1, -0.05) is 29.4 Å². The monoisotopic (exact) mass is 365 g/mol. The van der Waals surface area contributed by atoms with Crippen LogP contribution in [-0.4, -0.2) is 24.3 Å². The number of hydrogen-bond acceptors (Lipinski definition) is 5. The standard InChI is InChI=1S/C20H20N4O3/c1-20(11-26-12-20)16-9-18(24-27-16)23-19(25)8-13-2-4-14(5-3-13)15-6-7-17(21)22-10-15/h2-7,9-10H,8,11-12H2,1H3,(H2,21,22)(H,23,24,25)/p+1. The van der Waals surface area contributed by atoms with Crippen LogP contribution in [0, 0.1) is 0 Å². The van der Waals surface area contributed by atoms with Gasteiger partial charge in [0, 0.05) is 17.7 Å². The van der Waals surface area contributed by atoms with Crippen molar-refractivity contribution in [2.75, 3.05) is 24.3 Å². The van der Waals surface area contributed by atoms with Crippen LogP contribution in [0.4, 0.5) is 11.6 Å². The van der Waals surface area contributed by atoms with Crippen molar-refractivity contribution < 1.29 is 19.0 Å². The predicted octanol–water partition coefficient (Wildman–Crippen LogP) is 2.21. The lowest BCUT2D eigenvalue weighted by atomic mass is 9.86. The molecule has 4 rings (SSSR count). The molecule has 0 radical (unpaired) electrons. The largest absolute Gasteiger partial charge is 0.379 e. The summed E-state index contributed by atoms with van der Waals surface area (Å²) < 4.78 is 10.6. The highest BCUT2D eigenvalue weighted by Crippen LogP contribution is 2.32. The highest BCUT2D eigenvalue weighted by Gasteiger charge is 2.39. The molecule has 3 heterocycles. The Kier molecular flexibility index (Phi) is 4.37. The number of hydrogen-bond donors (Lipinski definition) is 2. The van der Waals surface area contributed by atoms with E-state index in [2.05, 4.69) is 15.5 Å². The van der Waals surface area contributed by atoms with Crippen LogP contribution in [0.5, 0.6) is 0 Å². The molecule has 1 fully saturated rings. The summed E-state index contributed by atoms with van der Waals surface area (Å²) in [5, 5.41) is 6.71. The maximum absolute atomic E-state index is 12.3. The first-order chi connectivity index (χ1) is 13.0. The van der Waals surface area contributed by atoms with Crippen molar-refractivity contribution in [3.63, 3.8) is 0 Å². The molecule has 7 nitrogen and oxygen atoms in total. The van der Waals surface area contributed by atoms with Crippen LogP contribution in [0.2, 0.25) is 0 Å². The van der Waals surface area contributed by atoms with E-state index in [-0.39, 0.29) is 17.7 Å². The fourth-order valence-corrected chi connectivity index (χ4v) is 2.97. The molecule has 7 heteroatoms. The van der Waals surface area contributed by atoms with Gasteiger partial charge in [0.05, 0.1) is 31.2 Å². The molecule has 2 aromatic heterocycles. The predicted molar refractivity (Wildman–Crippen MR) is 99.9 cm³/mol. The van der Waals surface area contributed by atoms with E-state index in [1.165, 1.54) is 0 Å². The Morgan fingerprint density at radius 1 is 1.22 bits per heavy atom. The van der Waals surface area contributed by atoms with Crippen LogP contribution in [0.15, 0.2) is 53.2 Å². The quantitative estimate of drug-likeness (QED) is 0.721. The number of carbonyl (C=O) groups is 1. The van der Waals surface area contributed by atoms with E-state index in [0.717, 1.165) is 22.5 Å². The number of nitrogens with two attached hydrogens (primary N) is 1. The third-order valence-electron chi connectivity index (χ3n) is 4.70. The molecule has 27 heavy (non-hydrogen) atoms. The number of nitrogens with one attached hydrogen (secondary N) is 2. The number of anilines is 2. The molecule has 0 saturated carbocycles. The van der Waals surface area contributed by atoms with E-state index in [4.69, 9.17) is 15.0 Å². The van der Waals surface area contributed by atoms with Gasteiger partial charge in [-0.2, -0.15) is 0 Å². The number of amides is 1. The minimum absolute atomic E-state index is 0.140. The molecule has 1 aromatic carbocycles. The molecule has 138 valence electrons. The Morgan fingerprint density at radius 3 is 2.59 bits per heavy atom. The van der Waals surface area contributed by atoms with Gasteiger partial charge < -0.3 is 14.6 Å². The molecule has 0 atom stereocenters. The lowest BCUT2D eigenvalue weighted by molar-refractivity contribution is -0.359. The third-order valence-corrected chi connectivity index (χ3v) is 4.70. The maximum Gasteiger partial charge on any atom is 0.270 e. The van der Waals surface area contributed by atoms with Crippen LogP contribution in [0.1, 0.15) is 18.2 Å². The number of benzene rings is 1. The summed E-state index contributed by atoms with van der Waals surface area (Å²) >= 11 is 0. The number of rotatable bonds is 5. The molecular formula is C20H21N4O3+. The smallest absolute Gasteiger partial charge is 0.270 e. The van der Waals surface area contributed by atoms with Crippen molar-refractivity contribution in [2.24, 2.45) is 0 Å². The van der Waals surface area contributed by atoms with Gasteiger partial charge in [-0.15, -0.1) is 0 Å². The van der Waals surface area contributed by atoms with E-state index in [0.29, 0.717) is 24.8 Å². The number of H-pyrrole nitrogens is 1. The van der Waals surface area contributed by atoms with Crippen molar-refractivity contribution in [1.29, 1.82) is 0 Å². The molecular weight excluding hydrogens is 344 g/mol. The van der Waals surface area contributed by atoms with Crippen LogP contribution in [0.25, 0.3) is 11.1 Å². The highest BCUT2D eigenvalue weighted by molar-refractivity contribution is 5.91. The van der Waals surface area contributed by atoms with Crippen molar-refractivity contribution in [3.05, 3.63) is 60.0 Å². The fourth-order valence-electron chi connectivity index (χ4n) is 2.97. The number of pyridine rings is 1. The summed E-state index contributed by atoms with van der Waals surface area (Å²) in [7, 11) is 0. The first-order valence-electron chi connectivity index (χ1n) is 8.73. The van der Waals surface area contributed by atoms with Gasteiger partial charge in [0.2, 0.25) is 5.91 Å². The van der Waals surface area contributed by atoms with E-state index >= 15 is 0 Å². The van der Waals surface area contributed by atoms with Crippen molar-refractivity contribution >= 4 is 17.5 Å². The average Bonchev–Trinajstić information content (AvgIpc) is 3.10. The summed E-state index contributed by atoms with van der Waals surface area (Å²) in [5.74, 6) is 1.63. The molecule has 1 saturated heterocycles. The number of nitrogens with zero attached hydrogens (tertiary/aromatic N) is 1. The van der Waals surface area contributed by atoms with Gasteiger partial charge in [-0.05, 0) is 24.1 Å². The number of ether oxygens (including phenoxy) is 1. The lowest BCUT2D eigenvalue weighted by Crippen LogP contribution is -2.43. The zero-order valence-electron chi connectivity index (χ0n) is 15.0. The molecule has 1 aliphatic rings. The summed E-state index contributed by atoms with van der Waals surface area (Å²) in [6, 6.07) is 13.4. The molecule has 1 aliphatic heterocycles. The van der Waals surface area contributed by atoms with Gasteiger partial charge in [-0.3, -0.25) is 10.5 Å². The third kappa shape index (κ3) is 3.68. The number of aromatic amines is 1. The van der Waals surface area contributed by atoms with E-state index in [9.17, 15) is 4.79 Å². The zero-order valence-corrected chi connectivity index (χ0v) is 15.0. The summed E-state index contributed by atoms with van der Waals surface area (Å²) in [5.41, 5.74) is 8.51. The first kappa shape index (κ1) is 17.2. The average molecular weight is 365 g/mol. The van der Waals surface area contributed by atoms with Crippen LogP contribution in [0.3, 0.4) is 0 Å². The molecule has 4 N–H and O–H groups in total. The Labute approximate surface area is 156 Å².